The van der Waals surface area contributed by atoms with Gasteiger partial charge in [0.15, 0.2) is 16.3 Å². The molecule has 1 N–H and O–H groups in total. The zero-order chi connectivity index (χ0) is 22.3. The molecular formula is C20H25N7O3S. The van der Waals surface area contributed by atoms with Gasteiger partial charge in [-0.25, -0.2) is 4.79 Å². The summed E-state index contributed by atoms with van der Waals surface area (Å²) in [6.07, 6.45) is 0. The van der Waals surface area contributed by atoms with Crippen molar-refractivity contribution in [2.45, 2.75) is 0 Å². The molecule has 1 aliphatic rings. The van der Waals surface area contributed by atoms with Gasteiger partial charge >= 0.3 is 5.69 Å². The van der Waals surface area contributed by atoms with E-state index in [1.807, 2.05) is 24.3 Å². The average molecular weight is 444 g/mol. The Hall–Kier alpha value is -3.34. The summed E-state index contributed by atoms with van der Waals surface area (Å²) in [7, 11) is 6.54. The van der Waals surface area contributed by atoms with Gasteiger partial charge in [0.25, 0.3) is 5.56 Å². The van der Waals surface area contributed by atoms with E-state index in [1.54, 1.807) is 25.8 Å². The third kappa shape index (κ3) is 3.65. The fraction of sp³-hybridized carbons (Fsp3) is 0.400. The Balaban J connectivity index is 1.49. The summed E-state index contributed by atoms with van der Waals surface area (Å²) in [4.78, 5) is 33.7. The van der Waals surface area contributed by atoms with E-state index in [4.69, 9.17) is 17.0 Å². The van der Waals surface area contributed by atoms with Crippen LogP contribution in [0.3, 0.4) is 0 Å². The van der Waals surface area contributed by atoms with E-state index in [0.29, 0.717) is 48.4 Å². The van der Waals surface area contributed by atoms with Gasteiger partial charge < -0.3 is 24.4 Å². The summed E-state index contributed by atoms with van der Waals surface area (Å²) >= 11 is 5.58. The van der Waals surface area contributed by atoms with Crippen LogP contribution in [-0.2, 0) is 21.1 Å². The molecule has 3 heterocycles. The summed E-state index contributed by atoms with van der Waals surface area (Å²) in [5.41, 5.74) is 0.980. The Bertz CT molecular complexity index is 1250. The van der Waals surface area contributed by atoms with E-state index in [2.05, 4.69) is 20.1 Å². The molecule has 3 aromatic rings. The number of fused-ring (bicyclic) bond motifs is 1. The van der Waals surface area contributed by atoms with Crippen LogP contribution in [-0.4, -0.2) is 62.0 Å². The van der Waals surface area contributed by atoms with Crippen LogP contribution in [0.15, 0.2) is 33.9 Å². The molecule has 31 heavy (non-hydrogen) atoms. The van der Waals surface area contributed by atoms with Gasteiger partial charge in [-0.2, -0.15) is 4.98 Å². The quantitative estimate of drug-likeness (QED) is 0.586. The van der Waals surface area contributed by atoms with Crippen molar-refractivity contribution < 1.29 is 4.74 Å². The highest BCUT2D eigenvalue weighted by Gasteiger charge is 2.25. The summed E-state index contributed by atoms with van der Waals surface area (Å²) in [5.74, 6) is 1.46. The van der Waals surface area contributed by atoms with Crippen molar-refractivity contribution in [2.75, 3.05) is 43.5 Å². The highest BCUT2D eigenvalue weighted by Crippen LogP contribution is 2.20. The molecule has 2 aromatic heterocycles. The molecule has 1 aliphatic heterocycles. The molecule has 10 nitrogen and oxygen atoms in total. The van der Waals surface area contributed by atoms with Crippen molar-refractivity contribution in [2.24, 2.45) is 21.1 Å². The molecule has 1 aromatic carbocycles. The average Bonchev–Trinajstić information content (AvgIpc) is 3.14. The van der Waals surface area contributed by atoms with Gasteiger partial charge in [-0.1, -0.05) is 0 Å². The van der Waals surface area contributed by atoms with Crippen LogP contribution in [0, 0.1) is 0 Å². The second-order valence-electron chi connectivity index (χ2n) is 7.48. The number of aryl methyl sites for hydroxylation is 2. The van der Waals surface area contributed by atoms with Crippen LogP contribution in [0.4, 0.5) is 11.6 Å². The molecule has 11 heteroatoms. The number of nitrogens with one attached hydrogen (secondary N) is 1. The van der Waals surface area contributed by atoms with Gasteiger partial charge in [0.2, 0.25) is 5.95 Å². The molecular weight excluding hydrogens is 418 g/mol. The zero-order valence-electron chi connectivity index (χ0n) is 18.0. The van der Waals surface area contributed by atoms with Crippen LogP contribution in [0.2, 0.25) is 0 Å². The van der Waals surface area contributed by atoms with Crippen LogP contribution >= 0.6 is 12.2 Å². The van der Waals surface area contributed by atoms with Crippen molar-refractivity contribution in [3.05, 3.63) is 45.1 Å². The largest absolute Gasteiger partial charge is 0.497 e. The second-order valence-corrected chi connectivity index (χ2v) is 7.87. The summed E-state index contributed by atoms with van der Waals surface area (Å²) in [6, 6.07) is 7.61. The SMILES string of the molecule is COc1ccc(NC(=S)N2CCN(c3nc4c(c(=O)n(C)c(=O)n4C)n3C)CC2)cc1. The number of anilines is 2. The topological polar surface area (TPSA) is 89.6 Å². The van der Waals surface area contributed by atoms with Gasteiger partial charge in [-0.15, -0.1) is 0 Å². The fourth-order valence-electron chi connectivity index (χ4n) is 3.78. The van der Waals surface area contributed by atoms with Crippen molar-refractivity contribution >= 4 is 40.1 Å². The molecule has 0 amide bonds. The van der Waals surface area contributed by atoms with E-state index in [9.17, 15) is 9.59 Å². The predicted molar refractivity (Wildman–Crippen MR) is 124 cm³/mol. The number of ether oxygens (including phenoxy) is 1. The number of aromatic nitrogens is 4. The van der Waals surface area contributed by atoms with Gasteiger partial charge in [0.1, 0.15) is 5.75 Å². The second kappa shape index (κ2) is 8.06. The fourth-order valence-corrected chi connectivity index (χ4v) is 4.08. The van der Waals surface area contributed by atoms with E-state index in [1.165, 1.54) is 11.6 Å². The van der Waals surface area contributed by atoms with Gasteiger partial charge in [-0.05, 0) is 36.5 Å². The highest BCUT2D eigenvalue weighted by molar-refractivity contribution is 7.80. The minimum absolute atomic E-state index is 0.345. The molecule has 1 fully saturated rings. The Labute approximate surface area is 184 Å². The van der Waals surface area contributed by atoms with E-state index < -0.39 is 0 Å². The Morgan fingerprint density at radius 1 is 1.00 bits per heavy atom. The van der Waals surface area contributed by atoms with Gasteiger partial charge in [0.05, 0.1) is 7.11 Å². The maximum atomic E-state index is 12.6. The van der Waals surface area contributed by atoms with Gasteiger partial charge in [0, 0.05) is 53.0 Å². The van der Waals surface area contributed by atoms with Crippen molar-refractivity contribution in [1.29, 1.82) is 0 Å². The molecule has 4 rings (SSSR count). The van der Waals surface area contributed by atoms with E-state index in [-0.39, 0.29) is 11.2 Å². The maximum absolute atomic E-state index is 12.6. The third-order valence-corrected chi connectivity index (χ3v) is 6.00. The lowest BCUT2D eigenvalue weighted by atomic mass is 10.3. The van der Waals surface area contributed by atoms with Crippen LogP contribution in [0.5, 0.6) is 5.75 Å². The molecule has 164 valence electrons. The first-order chi connectivity index (χ1) is 14.8. The molecule has 0 atom stereocenters. The molecule has 1 saturated heterocycles. The molecule has 0 spiro atoms. The first-order valence-corrected chi connectivity index (χ1v) is 10.3. The maximum Gasteiger partial charge on any atom is 0.332 e. The smallest absolute Gasteiger partial charge is 0.332 e. The Morgan fingerprint density at radius 2 is 1.65 bits per heavy atom. The van der Waals surface area contributed by atoms with E-state index in [0.717, 1.165) is 16.0 Å². The molecule has 0 unspecified atom stereocenters. The number of hydrogen-bond donors (Lipinski definition) is 1. The Morgan fingerprint density at radius 3 is 2.26 bits per heavy atom. The lowest BCUT2D eigenvalue weighted by molar-refractivity contribution is 0.387. The number of nitrogens with zero attached hydrogens (tertiary/aromatic N) is 6. The molecule has 0 saturated carbocycles. The standard InChI is InChI=1S/C20H25N7O3S/c1-23-15-16(24(2)20(29)25(3)17(15)28)22-18(23)26-9-11-27(12-10-26)19(31)21-13-5-7-14(30-4)8-6-13/h5-8H,9-12H2,1-4H3,(H,21,31). The normalized spacial score (nSPS) is 14.2. The van der Waals surface area contributed by atoms with Crippen molar-refractivity contribution in [3.63, 3.8) is 0 Å². The lowest BCUT2D eigenvalue weighted by Crippen LogP contribution is -2.50. The minimum atomic E-state index is -0.387. The monoisotopic (exact) mass is 443 g/mol. The minimum Gasteiger partial charge on any atom is -0.497 e. The van der Waals surface area contributed by atoms with Crippen LogP contribution < -0.4 is 26.2 Å². The first-order valence-electron chi connectivity index (χ1n) is 9.89. The zero-order valence-corrected chi connectivity index (χ0v) is 18.8. The first kappa shape index (κ1) is 20.9. The van der Waals surface area contributed by atoms with Crippen LogP contribution in [0.25, 0.3) is 11.2 Å². The molecule has 0 aliphatic carbocycles. The number of imidazole rings is 1. The summed E-state index contributed by atoms with van der Waals surface area (Å²) in [5, 5.41) is 3.92. The van der Waals surface area contributed by atoms with Crippen LogP contribution in [0.1, 0.15) is 0 Å². The number of benzene rings is 1. The highest BCUT2D eigenvalue weighted by atomic mass is 32.1. The van der Waals surface area contributed by atoms with Gasteiger partial charge in [-0.3, -0.25) is 13.9 Å². The molecule has 0 radical (unpaired) electrons. The molecule has 0 bridgehead atoms. The van der Waals surface area contributed by atoms with Crippen molar-refractivity contribution in [3.8, 4) is 5.75 Å². The number of thiocarbonyl (C=S) groups is 1. The number of methoxy groups -OCH3 is 1. The predicted octanol–water partition coefficient (Wildman–Crippen LogP) is 0.498. The lowest BCUT2D eigenvalue weighted by Gasteiger charge is -2.36. The summed E-state index contributed by atoms with van der Waals surface area (Å²) < 4.78 is 9.46. The number of hydrogen-bond acceptors (Lipinski definition) is 6. The third-order valence-electron chi connectivity index (χ3n) is 5.64. The van der Waals surface area contributed by atoms with Crippen molar-refractivity contribution in [1.82, 2.24) is 23.6 Å². The Kier molecular flexibility index (Phi) is 5.44. The van der Waals surface area contributed by atoms with E-state index >= 15 is 0 Å². The number of rotatable bonds is 3. The summed E-state index contributed by atoms with van der Waals surface area (Å²) in [6.45, 7) is 2.80. The number of piperazine rings is 1.